The van der Waals surface area contributed by atoms with E-state index >= 15 is 0 Å². The van der Waals surface area contributed by atoms with Gasteiger partial charge in [-0.2, -0.15) is 0 Å². The molecule has 4 saturated carbocycles. The van der Waals surface area contributed by atoms with Gasteiger partial charge < -0.3 is 0 Å². The van der Waals surface area contributed by atoms with E-state index in [-0.39, 0.29) is 0 Å². The zero-order valence-corrected chi connectivity index (χ0v) is 17.3. The molecule has 10 atom stereocenters. The average Bonchev–Trinajstić information content (AvgIpc) is 3.30. The summed E-state index contributed by atoms with van der Waals surface area (Å²) in [6, 6.07) is 0. The molecule has 0 nitrogen and oxygen atoms in total. The molecule has 4 fully saturated rings. The first kappa shape index (κ1) is 17.4. The van der Waals surface area contributed by atoms with Gasteiger partial charge in [-0.05, 0) is 90.3 Å². The first-order valence-electron chi connectivity index (χ1n) is 11.4. The number of hydrogen-bond donors (Lipinski definition) is 0. The zero-order chi connectivity index (χ0) is 17.3. The Morgan fingerprint density at radius 1 is 1.04 bits per heavy atom. The van der Waals surface area contributed by atoms with E-state index in [2.05, 4.69) is 41.5 Å². The summed E-state index contributed by atoms with van der Waals surface area (Å²) in [5, 5.41) is 0. The fourth-order valence-electron chi connectivity index (χ4n) is 8.82. The smallest absolute Gasteiger partial charge is 0.0209 e. The lowest BCUT2D eigenvalue weighted by Gasteiger charge is -2.62. The quantitative estimate of drug-likeness (QED) is 0.514. The fraction of sp³-hybridized carbons (Fsp3) is 1.00. The molecule has 0 N–H and O–H groups in total. The van der Waals surface area contributed by atoms with Crippen molar-refractivity contribution < 1.29 is 0 Å². The highest BCUT2D eigenvalue weighted by Gasteiger charge is 2.69. The standard InChI is InChI=1S/C24H42/c1-7-17(5)24-14-19(24)13-21-22(20(24)8-2)16(4)12-18-11-15(3)9-10-23(18,21)6/h15-22H,7-14H2,1-6H3. The molecular weight excluding hydrogens is 288 g/mol. The largest absolute Gasteiger partial charge is 0.0651 e. The van der Waals surface area contributed by atoms with Gasteiger partial charge in [0.25, 0.3) is 0 Å². The van der Waals surface area contributed by atoms with Gasteiger partial charge in [0.1, 0.15) is 0 Å². The Kier molecular flexibility index (Phi) is 4.17. The zero-order valence-electron chi connectivity index (χ0n) is 17.3. The van der Waals surface area contributed by atoms with Crippen molar-refractivity contribution in [3.63, 3.8) is 0 Å². The molecule has 0 aromatic heterocycles. The molecule has 0 aromatic carbocycles. The van der Waals surface area contributed by atoms with Gasteiger partial charge in [0.15, 0.2) is 0 Å². The number of rotatable bonds is 3. The van der Waals surface area contributed by atoms with Crippen LogP contribution < -0.4 is 0 Å². The average molecular weight is 331 g/mol. The first-order valence-corrected chi connectivity index (χ1v) is 11.4. The molecule has 4 rings (SSSR count). The van der Waals surface area contributed by atoms with E-state index in [9.17, 15) is 0 Å². The molecule has 0 amide bonds. The summed E-state index contributed by atoms with van der Waals surface area (Å²) in [6.07, 6.45) is 12.1. The van der Waals surface area contributed by atoms with Gasteiger partial charge in [-0.25, -0.2) is 0 Å². The lowest BCUT2D eigenvalue weighted by molar-refractivity contribution is -0.132. The minimum atomic E-state index is 0.682. The molecule has 0 saturated heterocycles. The molecule has 0 aromatic rings. The molecule has 0 heteroatoms. The molecule has 138 valence electrons. The van der Waals surface area contributed by atoms with Crippen LogP contribution in [0.4, 0.5) is 0 Å². The topological polar surface area (TPSA) is 0 Å². The van der Waals surface area contributed by atoms with Crippen molar-refractivity contribution in [1.29, 1.82) is 0 Å². The third-order valence-corrected chi connectivity index (χ3v) is 10.3. The molecule has 0 bridgehead atoms. The van der Waals surface area contributed by atoms with Crippen LogP contribution >= 0.6 is 0 Å². The molecule has 4 aliphatic carbocycles. The number of hydrogen-bond acceptors (Lipinski definition) is 0. The second-order valence-corrected chi connectivity index (χ2v) is 11.1. The third-order valence-electron chi connectivity index (χ3n) is 10.3. The van der Waals surface area contributed by atoms with Crippen molar-refractivity contribution in [2.24, 2.45) is 58.2 Å². The highest BCUT2D eigenvalue weighted by Crippen LogP contribution is 2.76. The Labute approximate surface area is 151 Å². The van der Waals surface area contributed by atoms with Crippen molar-refractivity contribution in [3.8, 4) is 0 Å². The lowest BCUT2D eigenvalue weighted by Crippen LogP contribution is -2.55. The van der Waals surface area contributed by atoms with Crippen molar-refractivity contribution >= 4 is 0 Å². The van der Waals surface area contributed by atoms with Crippen LogP contribution in [0.1, 0.15) is 92.9 Å². The van der Waals surface area contributed by atoms with Crippen LogP contribution in [0.5, 0.6) is 0 Å². The van der Waals surface area contributed by atoms with Gasteiger partial charge in [0.2, 0.25) is 0 Å². The van der Waals surface area contributed by atoms with E-state index in [1.54, 1.807) is 19.3 Å². The van der Waals surface area contributed by atoms with E-state index < -0.39 is 0 Å². The highest BCUT2D eigenvalue weighted by molar-refractivity contribution is 5.18. The van der Waals surface area contributed by atoms with Gasteiger partial charge in [0.05, 0.1) is 0 Å². The van der Waals surface area contributed by atoms with Crippen LogP contribution in [0.2, 0.25) is 0 Å². The minimum Gasteiger partial charge on any atom is -0.0651 e. The van der Waals surface area contributed by atoms with Crippen molar-refractivity contribution in [3.05, 3.63) is 0 Å². The van der Waals surface area contributed by atoms with E-state index in [1.807, 2.05) is 0 Å². The van der Waals surface area contributed by atoms with Gasteiger partial charge in [-0.15, -0.1) is 0 Å². The number of fused-ring (bicyclic) bond motifs is 4. The summed E-state index contributed by atoms with van der Waals surface area (Å²) in [6.45, 7) is 15.4. The second kappa shape index (κ2) is 5.75. The van der Waals surface area contributed by atoms with Gasteiger partial charge in [-0.3, -0.25) is 0 Å². The normalized spacial score (nSPS) is 57.5. The molecule has 10 unspecified atom stereocenters. The fourth-order valence-corrected chi connectivity index (χ4v) is 8.82. The third kappa shape index (κ3) is 2.16. The Morgan fingerprint density at radius 2 is 1.79 bits per heavy atom. The monoisotopic (exact) mass is 330 g/mol. The van der Waals surface area contributed by atoms with Gasteiger partial charge in [-0.1, -0.05) is 60.8 Å². The van der Waals surface area contributed by atoms with E-state index in [0.29, 0.717) is 5.41 Å². The van der Waals surface area contributed by atoms with Crippen molar-refractivity contribution in [1.82, 2.24) is 0 Å². The molecule has 0 heterocycles. The predicted octanol–water partition coefficient (Wildman–Crippen LogP) is 7.18. The molecule has 0 spiro atoms. The Bertz CT molecular complexity index is 480. The van der Waals surface area contributed by atoms with E-state index in [0.717, 1.165) is 52.8 Å². The van der Waals surface area contributed by atoms with Crippen LogP contribution in [-0.4, -0.2) is 0 Å². The summed E-state index contributed by atoms with van der Waals surface area (Å²) in [5.41, 5.74) is 1.44. The van der Waals surface area contributed by atoms with Gasteiger partial charge >= 0.3 is 0 Å². The molecule has 0 aliphatic heterocycles. The molecular formula is C24H42. The predicted molar refractivity (Wildman–Crippen MR) is 104 cm³/mol. The summed E-state index contributed by atoms with van der Waals surface area (Å²) >= 11 is 0. The Balaban J connectivity index is 1.68. The van der Waals surface area contributed by atoms with Crippen molar-refractivity contribution in [2.45, 2.75) is 92.9 Å². The maximum Gasteiger partial charge on any atom is -0.0209 e. The lowest BCUT2D eigenvalue weighted by atomic mass is 9.43. The van der Waals surface area contributed by atoms with Crippen LogP contribution in [-0.2, 0) is 0 Å². The summed E-state index contributed by atoms with van der Waals surface area (Å²) in [4.78, 5) is 0. The Hall–Kier alpha value is 0. The van der Waals surface area contributed by atoms with Gasteiger partial charge in [0, 0.05) is 0 Å². The van der Waals surface area contributed by atoms with Crippen molar-refractivity contribution in [2.75, 3.05) is 0 Å². The maximum absolute atomic E-state index is 2.73. The summed E-state index contributed by atoms with van der Waals surface area (Å²) in [7, 11) is 0. The van der Waals surface area contributed by atoms with Crippen LogP contribution in [0.3, 0.4) is 0 Å². The Morgan fingerprint density at radius 3 is 2.46 bits per heavy atom. The summed E-state index contributed by atoms with van der Waals surface area (Å²) < 4.78 is 0. The summed E-state index contributed by atoms with van der Waals surface area (Å²) in [5.74, 6) is 8.15. The maximum atomic E-state index is 2.73. The molecule has 0 radical (unpaired) electrons. The van der Waals surface area contributed by atoms with E-state index in [1.165, 1.54) is 32.1 Å². The van der Waals surface area contributed by atoms with Crippen LogP contribution in [0, 0.1) is 58.2 Å². The minimum absolute atomic E-state index is 0.682. The second-order valence-electron chi connectivity index (χ2n) is 11.1. The first-order chi connectivity index (χ1) is 11.4. The van der Waals surface area contributed by atoms with Crippen LogP contribution in [0.15, 0.2) is 0 Å². The van der Waals surface area contributed by atoms with E-state index in [4.69, 9.17) is 0 Å². The van der Waals surface area contributed by atoms with Crippen LogP contribution in [0.25, 0.3) is 0 Å². The molecule has 4 aliphatic rings. The SMILES string of the molecule is CCC(C)C12CC1CC1C(C(C)CC3CC(C)CCC31C)C2CC. The molecule has 24 heavy (non-hydrogen) atoms. The highest BCUT2D eigenvalue weighted by atomic mass is 14.7.